The first-order valence-electron chi connectivity index (χ1n) is 4.79. The van der Waals surface area contributed by atoms with Crippen LogP contribution in [0.1, 0.15) is 16.5 Å². The number of nitrogens with zero attached hydrogens (tertiary/aromatic N) is 1. The molecule has 76 valence electrons. The van der Waals surface area contributed by atoms with Gasteiger partial charge in [-0.05, 0) is 23.6 Å². The number of aldehydes is 1. The highest BCUT2D eigenvalue weighted by Crippen LogP contribution is 2.22. The van der Waals surface area contributed by atoms with Gasteiger partial charge >= 0.3 is 0 Å². The summed E-state index contributed by atoms with van der Waals surface area (Å²) in [5.41, 5.74) is 0.961. The molecule has 2 aromatic rings. The Morgan fingerprint density at radius 2 is 2.27 bits per heavy atom. The zero-order chi connectivity index (χ0) is 10.5. The highest BCUT2D eigenvalue weighted by atomic mass is 32.1. The van der Waals surface area contributed by atoms with Crippen LogP contribution in [0.25, 0.3) is 0 Å². The third-order valence-electron chi connectivity index (χ3n) is 2.23. The van der Waals surface area contributed by atoms with Crippen LogP contribution in [0.2, 0.25) is 0 Å². The van der Waals surface area contributed by atoms with Crippen LogP contribution in [0.4, 0.5) is 0 Å². The minimum atomic E-state index is -0.0556. The predicted molar refractivity (Wildman–Crippen MR) is 61.1 cm³/mol. The summed E-state index contributed by atoms with van der Waals surface area (Å²) in [6.45, 7) is 0. The average molecular weight is 217 g/mol. The fourth-order valence-corrected chi connectivity index (χ4v) is 2.25. The normalized spacial score (nSPS) is 12.3. The van der Waals surface area contributed by atoms with Crippen LogP contribution in [0.3, 0.4) is 0 Å². The van der Waals surface area contributed by atoms with Crippen molar-refractivity contribution in [2.75, 3.05) is 0 Å². The number of carbonyl (C=O) groups excluding carboxylic acids is 1. The summed E-state index contributed by atoms with van der Waals surface area (Å²) >= 11 is 1.62. The number of hydrogen-bond acceptors (Lipinski definition) is 3. The maximum atomic E-state index is 11.0. The predicted octanol–water partition coefficient (Wildman–Crippen LogP) is 2.67. The molecule has 3 heteroatoms. The maximum absolute atomic E-state index is 11.0. The molecule has 0 radical (unpaired) electrons. The molecule has 1 atom stereocenters. The summed E-state index contributed by atoms with van der Waals surface area (Å²) in [5.74, 6) is -0.0556. The summed E-state index contributed by atoms with van der Waals surface area (Å²) in [6.07, 6.45) is 3.44. The summed E-state index contributed by atoms with van der Waals surface area (Å²) in [7, 11) is 0. The Labute approximate surface area is 92.6 Å². The van der Waals surface area contributed by atoms with Gasteiger partial charge in [-0.25, -0.2) is 0 Å². The molecule has 0 aliphatic heterocycles. The van der Waals surface area contributed by atoms with E-state index in [2.05, 4.69) is 4.98 Å². The third-order valence-corrected chi connectivity index (χ3v) is 3.23. The molecule has 0 spiro atoms. The second kappa shape index (κ2) is 4.84. The number of hydrogen-bond donors (Lipinski definition) is 0. The van der Waals surface area contributed by atoms with Crippen LogP contribution >= 0.6 is 11.3 Å². The summed E-state index contributed by atoms with van der Waals surface area (Å²) in [4.78, 5) is 16.3. The zero-order valence-electron chi connectivity index (χ0n) is 8.17. The van der Waals surface area contributed by atoms with Gasteiger partial charge in [-0.15, -0.1) is 11.3 Å². The van der Waals surface area contributed by atoms with Crippen LogP contribution in [-0.4, -0.2) is 11.3 Å². The van der Waals surface area contributed by atoms with Gasteiger partial charge < -0.3 is 4.79 Å². The minimum absolute atomic E-state index is 0.0556. The Kier molecular flexibility index (Phi) is 3.25. The van der Waals surface area contributed by atoms with E-state index in [9.17, 15) is 4.79 Å². The molecule has 0 N–H and O–H groups in total. The molecule has 0 saturated heterocycles. The number of carbonyl (C=O) groups is 1. The van der Waals surface area contributed by atoms with Gasteiger partial charge in [0, 0.05) is 23.2 Å². The third kappa shape index (κ3) is 2.50. The van der Waals surface area contributed by atoms with Gasteiger partial charge in [-0.1, -0.05) is 12.1 Å². The minimum Gasteiger partial charge on any atom is -0.303 e. The van der Waals surface area contributed by atoms with E-state index in [1.807, 2.05) is 35.7 Å². The van der Waals surface area contributed by atoms with Crippen LogP contribution in [0, 0.1) is 0 Å². The smallest absolute Gasteiger partial charge is 0.128 e. The zero-order valence-corrected chi connectivity index (χ0v) is 8.98. The van der Waals surface area contributed by atoms with Crippen LogP contribution < -0.4 is 0 Å². The first-order valence-corrected chi connectivity index (χ1v) is 5.66. The molecule has 0 amide bonds. The summed E-state index contributed by atoms with van der Waals surface area (Å²) in [6, 6.07) is 9.73. The lowest BCUT2D eigenvalue weighted by atomic mass is 10.0. The van der Waals surface area contributed by atoms with Gasteiger partial charge in [0.15, 0.2) is 0 Å². The van der Waals surface area contributed by atoms with Crippen LogP contribution in [0.5, 0.6) is 0 Å². The fourth-order valence-electron chi connectivity index (χ4n) is 1.46. The molecule has 1 unspecified atom stereocenters. The SMILES string of the molecule is O=CC(Cc1ccccn1)c1cccs1. The lowest BCUT2D eigenvalue weighted by molar-refractivity contribution is -0.109. The molecule has 0 aliphatic carbocycles. The van der Waals surface area contributed by atoms with E-state index >= 15 is 0 Å². The Bertz CT molecular complexity index is 410. The number of rotatable bonds is 4. The Balaban J connectivity index is 2.13. The van der Waals surface area contributed by atoms with Crippen molar-refractivity contribution in [3.63, 3.8) is 0 Å². The molecule has 0 fully saturated rings. The molecular weight excluding hydrogens is 206 g/mol. The van der Waals surface area contributed by atoms with E-state index in [1.54, 1.807) is 17.5 Å². The molecule has 2 nitrogen and oxygen atoms in total. The Hall–Kier alpha value is -1.48. The monoisotopic (exact) mass is 217 g/mol. The standard InChI is InChI=1S/C12H11NOS/c14-9-10(12-5-3-7-15-12)8-11-4-1-2-6-13-11/h1-7,9-10H,8H2. The van der Waals surface area contributed by atoms with Crippen molar-refractivity contribution in [1.29, 1.82) is 0 Å². The van der Waals surface area contributed by atoms with Gasteiger partial charge in [0.05, 0.1) is 5.92 Å². The van der Waals surface area contributed by atoms with Crippen molar-refractivity contribution in [3.8, 4) is 0 Å². The quantitative estimate of drug-likeness (QED) is 0.737. The molecule has 0 bridgehead atoms. The molecule has 0 saturated carbocycles. The Morgan fingerprint density at radius 3 is 2.87 bits per heavy atom. The average Bonchev–Trinajstić information content (AvgIpc) is 2.81. The molecule has 0 aliphatic rings. The fraction of sp³-hybridized carbons (Fsp3) is 0.167. The van der Waals surface area contributed by atoms with Crippen LogP contribution in [-0.2, 0) is 11.2 Å². The van der Waals surface area contributed by atoms with Gasteiger partial charge in [0.25, 0.3) is 0 Å². The Morgan fingerprint density at radius 1 is 1.33 bits per heavy atom. The van der Waals surface area contributed by atoms with Crippen LogP contribution in [0.15, 0.2) is 41.9 Å². The van der Waals surface area contributed by atoms with E-state index in [1.165, 1.54) is 0 Å². The summed E-state index contributed by atoms with van der Waals surface area (Å²) < 4.78 is 0. The topological polar surface area (TPSA) is 30.0 Å². The number of pyridine rings is 1. The van der Waals surface area contributed by atoms with Crippen molar-refractivity contribution < 1.29 is 4.79 Å². The highest BCUT2D eigenvalue weighted by Gasteiger charge is 2.12. The largest absolute Gasteiger partial charge is 0.303 e. The molecule has 0 aromatic carbocycles. The van der Waals surface area contributed by atoms with E-state index in [4.69, 9.17) is 0 Å². The van der Waals surface area contributed by atoms with Crippen molar-refractivity contribution in [3.05, 3.63) is 52.5 Å². The van der Waals surface area contributed by atoms with Gasteiger partial charge in [-0.3, -0.25) is 4.98 Å². The van der Waals surface area contributed by atoms with Crippen molar-refractivity contribution >= 4 is 17.6 Å². The van der Waals surface area contributed by atoms with Crippen molar-refractivity contribution in [2.24, 2.45) is 0 Å². The van der Waals surface area contributed by atoms with E-state index < -0.39 is 0 Å². The van der Waals surface area contributed by atoms with E-state index in [0.717, 1.165) is 16.9 Å². The number of thiophene rings is 1. The van der Waals surface area contributed by atoms with E-state index in [0.29, 0.717) is 6.42 Å². The highest BCUT2D eigenvalue weighted by molar-refractivity contribution is 7.10. The molecular formula is C12H11NOS. The summed E-state index contributed by atoms with van der Waals surface area (Å²) in [5, 5.41) is 1.99. The van der Waals surface area contributed by atoms with Gasteiger partial charge in [0.1, 0.15) is 6.29 Å². The van der Waals surface area contributed by atoms with Gasteiger partial charge in [-0.2, -0.15) is 0 Å². The second-order valence-electron chi connectivity index (χ2n) is 3.28. The lowest BCUT2D eigenvalue weighted by Gasteiger charge is -2.06. The lowest BCUT2D eigenvalue weighted by Crippen LogP contribution is -2.03. The molecule has 15 heavy (non-hydrogen) atoms. The molecule has 2 rings (SSSR count). The first-order chi connectivity index (χ1) is 7.40. The second-order valence-corrected chi connectivity index (χ2v) is 4.26. The maximum Gasteiger partial charge on any atom is 0.128 e. The first kappa shape index (κ1) is 10.1. The molecule has 2 heterocycles. The van der Waals surface area contributed by atoms with E-state index in [-0.39, 0.29) is 5.92 Å². The van der Waals surface area contributed by atoms with Gasteiger partial charge in [0.2, 0.25) is 0 Å². The number of aromatic nitrogens is 1. The van der Waals surface area contributed by atoms with Crippen molar-refractivity contribution in [1.82, 2.24) is 4.98 Å². The van der Waals surface area contributed by atoms with Crippen molar-refractivity contribution in [2.45, 2.75) is 12.3 Å². The molecule has 2 aromatic heterocycles.